The van der Waals surface area contributed by atoms with E-state index in [0.29, 0.717) is 0 Å². The van der Waals surface area contributed by atoms with Crippen LogP contribution in [-0.4, -0.2) is 11.8 Å². The summed E-state index contributed by atoms with van der Waals surface area (Å²) in [6.07, 6.45) is 2.74. The zero-order chi connectivity index (χ0) is 22.6. The van der Waals surface area contributed by atoms with Crippen molar-refractivity contribution in [1.29, 1.82) is 0 Å². The fourth-order valence-corrected chi connectivity index (χ4v) is 4.46. The molecular weight excluding hydrogens is 384 g/mol. The van der Waals surface area contributed by atoms with Gasteiger partial charge in [-0.25, -0.2) is 0 Å². The summed E-state index contributed by atoms with van der Waals surface area (Å²) in [5.74, 6) is 0.506. The molecule has 164 valence electrons. The molecule has 2 atom stereocenters. The lowest BCUT2D eigenvalue weighted by molar-refractivity contribution is -0.118. The van der Waals surface area contributed by atoms with E-state index in [0.717, 1.165) is 41.8 Å². The summed E-state index contributed by atoms with van der Waals surface area (Å²) >= 11 is 0. The van der Waals surface area contributed by atoms with Crippen molar-refractivity contribution in [3.8, 4) is 0 Å². The summed E-state index contributed by atoms with van der Waals surface area (Å²) in [6, 6.07) is 12.5. The maximum atomic E-state index is 12.4. The van der Waals surface area contributed by atoms with E-state index in [4.69, 9.17) is 0 Å². The Balaban J connectivity index is 1.38. The fourth-order valence-electron chi connectivity index (χ4n) is 4.46. The van der Waals surface area contributed by atoms with Gasteiger partial charge in [0.2, 0.25) is 11.8 Å². The average molecular weight is 419 g/mol. The molecule has 4 heteroatoms. The third-order valence-corrected chi connectivity index (χ3v) is 7.17. The van der Waals surface area contributed by atoms with Crippen LogP contribution in [0.2, 0.25) is 0 Å². The molecule has 4 rings (SSSR count). The highest BCUT2D eigenvalue weighted by atomic mass is 16.2. The summed E-state index contributed by atoms with van der Waals surface area (Å²) in [5, 5.41) is 6.19. The van der Waals surface area contributed by atoms with Gasteiger partial charge in [0, 0.05) is 23.2 Å². The molecule has 2 aliphatic rings. The van der Waals surface area contributed by atoms with E-state index >= 15 is 0 Å². The molecule has 2 aromatic carbocycles. The fraction of sp³-hybridized carbons (Fsp3) is 0.481. The molecule has 2 amide bonds. The summed E-state index contributed by atoms with van der Waals surface area (Å²) in [6.45, 7) is 12.6. The van der Waals surface area contributed by atoms with Gasteiger partial charge in [-0.1, -0.05) is 52.0 Å². The Labute approximate surface area is 185 Å². The first-order valence-electron chi connectivity index (χ1n) is 11.3. The number of aryl methyl sites for hydroxylation is 2. The lowest BCUT2D eigenvalue weighted by atomic mass is 10.00. The minimum atomic E-state index is 0.125. The van der Waals surface area contributed by atoms with Crippen LogP contribution in [0.1, 0.15) is 62.8 Å². The molecule has 0 heterocycles. The van der Waals surface area contributed by atoms with Crippen LogP contribution in [-0.2, 0) is 16.0 Å². The van der Waals surface area contributed by atoms with Gasteiger partial charge < -0.3 is 10.6 Å². The van der Waals surface area contributed by atoms with Crippen molar-refractivity contribution < 1.29 is 9.59 Å². The zero-order valence-corrected chi connectivity index (χ0v) is 19.6. The van der Waals surface area contributed by atoms with E-state index in [2.05, 4.69) is 62.6 Å². The van der Waals surface area contributed by atoms with Crippen molar-refractivity contribution in [1.82, 2.24) is 0 Å². The molecule has 0 aliphatic heterocycles. The number of carbonyl (C=O) groups is 2. The van der Waals surface area contributed by atoms with Crippen LogP contribution in [0, 0.1) is 36.5 Å². The monoisotopic (exact) mass is 418 g/mol. The lowest BCUT2D eigenvalue weighted by Crippen LogP contribution is -2.17. The highest BCUT2D eigenvalue weighted by Gasteiger charge is 2.51. The van der Waals surface area contributed by atoms with Gasteiger partial charge in [-0.15, -0.1) is 0 Å². The van der Waals surface area contributed by atoms with Gasteiger partial charge >= 0.3 is 0 Å². The number of rotatable bonds is 6. The standard InChI is InChI=1S/C27H34N2O2/c1-16-11-18(7-9-22(16)28-24(30)20-14-26(20,3)4)13-19-8-10-23(17(2)12-19)29-25(31)21-15-27(21,5)6/h7-12,20-21H,13-15H2,1-6H3,(H,28,30)(H,29,31). The molecule has 31 heavy (non-hydrogen) atoms. The Morgan fingerprint density at radius 2 is 1.13 bits per heavy atom. The predicted octanol–water partition coefficient (Wildman–Crippen LogP) is 5.86. The number of amides is 2. The molecule has 0 aromatic heterocycles. The van der Waals surface area contributed by atoms with Gasteiger partial charge in [0.05, 0.1) is 0 Å². The van der Waals surface area contributed by atoms with Crippen molar-refractivity contribution in [3.05, 3.63) is 58.7 Å². The second-order valence-corrected chi connectivity index (χ2v) is 10.9. The van der Waals surface area contributed by atoms with Crippen LogP contribution >= 0.6 is 0 Å². The van der Waals surface area contributed by atoms with Gasteiger partial charge in [-0.2, -0.15) is 0 Å². The molecule has 2 aromatic rings. The minimum absolute atomic E-state index is 0.125. The van der Waals surface area contributed by atoms with Crippen molar-refractivity contribution >= 4 is 23.2 Å². The third-order valence-electron chi connectivity index (χ3n) is 7.17. The van der Waals surface area contributed by atoms with E-state index in [1.54, 1.807) is 0 Å². The van der Waals surface area contributed by atoms with E-state index in [1.807, 2.05) is 26.0 Å². The number of nitrogens with one attached hydrogen (secondary N) is 2. The minimum Gasteiger partial charge on any atom is -0.326 e. The van der Waals surface area contributed by atoms with Crippen LogP contribution in [0.15, 0.2) is 36.4 Å². The number of anilines is 2. The quantitative estimate of drug-likeness (QED) is 0.617. The lowest BCUT2D eigenvalue weighted by Gasteiger charge is -2.13. The van der Waals surface area contributed by atoms with Crippen LogP contribution in [0.5, 0.6) is 0 Å². The van der Waals surface area contributed by atoms with E-state index in [-0.39, 0.29) is 34.5 Å². The average Bonchev–Trinajstić information content (AvgIpc) is 3.53. The molecule has 2 aliphatic carbocycles. The highest BCUT2D eigenvalue weighted by Crippen LogP contribution is 2.52. The first-order chi connectivity index (χ1) is 14.5. The van der Waals surface area contributed by atoms with Gasteiger partial charge in [-0.05, 0) is 78.3 Å². The van der Waals surface area contributed by atoms with Gasteiger partial charge in [-0.3, -0.25) is 9.59 Å². The van der Waals surface area contributed by atoms with Crippen LogP contribution < -0.4 is 10.6 Å². The Bertz CT molecular complexity index is 968. The molecule has 4 nitrogen and oxygen atoms in total. The first kappa shape index (κ1) is 21.6. The maximum Gasteiger partial charge on any atom is 0.228 e. The SMILES string of the molecule is Cc1cc(Cc2ccc(NC(=O)C3CC3(C)C)c(C)c2)ccc1NC(=O)C1CC1(C)C. The normalized spacial score (nSPS) is 22.5. The summed E-state index contributed by atoms with van der Waals surface area (Å²) in [5.41, 5.74) is 6.64. The Morgan fingerprint density at radius 1 is 0.774 bits per heavy atom. The summed E-state index contributed by atoms with van der Waals surface area (Å²) in [4.78, 5) is 24.8. The van der Waals surface area contributed by atoms with Crippen molar-refractivity contribution in [2.24, 2.45) is 22.7 Å². The van der Waals surface area contributed by atoms with Gasteiger partial charge in [0.15, 0.2) is 0 Å². The Morgan fingerprint density at radius 3 is 1.42 bits per heavy atom. The van der Waals surface area contributed by atoms with Crippen LogP contribution in [0.25, 0.3) is 0 Å². The van der Waals surface area contributed by atoms with Crippen molar-refractivity contribution in [2.45, 2.75) is 60.8 Å². The third kappa shape index (κ3) is 4.68. The first-order valence-corrected chi connectivity index (χ1v) is 11.3. The molecule has 0 radical (unpaired) electrons. The molecule has 2 unspecified atom stereocenters. The van der Waals surface area contributed by atoms with Crippen LogP contribution in [0.4, 0.5) is 11.4 Å². The Hall–Kier alpha value is -2.62. The summed E-state index contributed by atoms with van der Waals surface area (Å²) in [7, 11) is 0. The molecule has 0 spiro atoms. The van der Waals surface area contributed by atoms with Crippen molar-refractivity contribution in [3.63, 3.8) is 0 Å². The summed E-state index contributed by atoms with van der Waals surface area (Å²) < 4.78 is 0. The van der Waals surface area contributed by atoms with Gasteiger partial charge in [0.1, 0.15) is 0 Å². The highest BCUT2D eigenvalue weighted by molar-refractivity contribution is 5.96. The zero-order valence-electron chi connectivity index (χ0n) is 19.6. The van der Waals surface area contributed by atoms with Gasteiger partial charge in [0.25, 0.3) is 0 Å². The van der Waals surface area contributed by atoms with E-state index in [1.165, 1.54) is 11.1 Å². The molecule has 2 fully saturated rings. The Kier molecular flexibility index (Phi) is 5.23. The molecule has 2 saturated carbocycles. The molecule has 0 saturated heterocycles. The number of hydrogen-bond donors (Lipinski definition) is 2. The molecular formula is C27H34N2O2. The number of carbonyl (C=O) groups excluding carboxylic acids is 2. The predicted molar refractivity (Wildman–Crippen MR) is 126 cm³/mol. The topological polar surface area (TPSA) is 58.2 Å². The smallest absolute Gasteiger partial charge is 0.228 e. The number of benzene rings is 2. The van der Waals surface area contributed by atoms with E-state index in [9.17, 15) is 9.59 Å². The largest absolute Gasteiger partial charge is 0.326 e. The van der Waals surface area contributed by atoms with E-state index < -0.39 is 0 Å². The molecule has 0 bridgehead atoms. The second kappa shape index (κ2) is 7.51. The maximum absolute atomic E-state index is 12.4. The van der Waals surface area contributed by atoms with Crippen LogP contribution in [0.3, 0.4) is 0 Å². The van der Waals surface area contributed by atoms with Crippen molar-refractivity contribution in [2.75, 3.05) is 10.6 Å². The second-order valence-electron chi connectivity index (χ2n) is 10.9. The molecule has 2 N–H and O–H groups in total. The number of hydrogen-bond acceptors (Lipinski definition) is 2.